The summed E-state index contributed by atoms with van der Waals surface area (Å²) in [5.41, 5.74) is 1.09. The van der Waals surface area contributed by atoms with Crippen molar-refractivity contribution in [1.29, 1.82) is 0 Å². The fraction of sp³-hybridized carbons (Fsp3) is 0. The maximum absolute atomic E-state index is 11.3. The van der Waals surface area contributed by atoms with Crippen molar-refractivity contribution in [3.05, 3.63) is 107 Å². The summed E-state index contributed by atoms with van der Waals surface area (Å²) in [6.07, 6.45) is 13.2. The van der Waals surface area contributed by atoms with Gasteiger partial charge in [-0.3, -0.25) is 9.97 Å². The van der Waals surface area contributed by atoms with Gasteiger partial charge in [-0.15, -0.1) is 0 Å². The smallest absolute Gasteiger partial charge is 0.260 e. The highest BCUT2D eigenvalue weighted by molar-refractivity contribution is 9.10. The van der Waals surface area contributed by atoms with Crippen LogP contribution in [-0.4, -0.2) is 19.9 Å². The Kier molecular flexibility index (Phi) is 8.25. The molecule has 0 aliphatic carbocycles. The third kappa shape index (κ3) is 7.53. The number of hydrogen-bond acceptors (Lipinski definition) is 6. The van der Waals surface area contributed by atoms with Crippen LogP contribution in [0.25, 0.3) is 11.4 Å². The van der Waals surface area contributed by atoms with Crippen LogP contribution in [0.1, 0.15) is 0 Å². The van der Waals surface area contributed by atoms with E-state index in [9.17, 15) is 10.4 Å². The third-order valence-electron chi connectivity index (χ3n) is 2.88. The molecular formula is C18H15BrN6O2. The first kappa shape index (κ1) is 19.9. The first-order valence-corrected chi connectivity index (χ1v) is 8.46. The summed E-state index contributed by atoms with van der Waals surface area (Å²) in [6.45, 7) is 0. The van der Waals surface area contributed by atoms with Crippen LogP contribution in [0.2, 0.25) is 0 Å². The SMILES string of the molecule is Brc1ccccn1.[O-][n+]1ccncc1.[O-][n+]1ccncc1-c1ccccn1. The van der Waals surface area contributed by atoms with Gasteiger partial charge in [-0.25, -0.2) is 9.97 Å². The van der Waals surface area contributed by atoms with Gasteiger partial charge in [0.2, 0.25) is 0 Å². The van der Waals surface area contributed by atoms with Crippen LogP contribution < -0.4 is 9.46 Å². The molecule has 0 fully saturated rings. The summed E-state index contributed by atoms with van der Waals surface area (Å²) >= 11 is 3.20. The van der Waals surface area contributed by atoms with Gasteiger partial charge in [0.1, 0.15) is 16.5 Å². The average Bonchev–Trinajstić information content (AvgIpc) is 2.71. The van der Waals surface area contributed by atoms with Crippen molar-refractivity contribution in [3.63, 3.8) is 0 Å². The number of nitrogens with zero attached hydrogens (tertiary/aromatic N) is 6. The molecule has 0 bridgehead atoms. The lowest BCUT2D eigenvalue weighted by atomic mass is 10.3. The van der Waals surface area contributed by atoms with Gasteiger partial charge >= 0.3 is 0 Å². The summed E-state index contributed by atoms with van der Waals surface area (Å²) in [4.78, 5) is 15.4. The highest BCUT2D eigenvalue weighted by Gasteiger charge is 2.07. The zero-order chi connectivity index (χ0) is 19.3. The van der Waals surface area contributed by atoms with Crippen molar-refractivity contribution >= 4 is 15.9 Å². The van der Waals surface area contributed by atoms with E-state index >= 15 is 0 Å². The number of halogens is 1. The van der Waals surface area contributed by atoms with Crippen molar-refractivity contribution in [2.24, 2.45) is 0 Å². The topological polar surface area (TPSA) is 105 Å². The van der Waals surface area contributed by atoms with Crippen LogP contribution in [0.5, 0.6) is 0 Å². The normalized spacial score (nSPS) is 9.22. The second-order valence-corrected chi connectivity index (χ2v) is 5.57. The van der Waals surface area contributed by atoms with Gasteiger partial charge in [-0.2, -0.15) is 9.46 Å². The van der Waals surface area contributed by atoms with E-state index in [2.05, 4.69) is 35.9 Å². The van der Waals surface area contributed by atoms with E-state index < -0.39 is 0 Å². The minimum atomic E-state index is 0.461. The van der Waals surface area contributed by atoms with Crippen LogP contribution in [0.3, 0.4) is 0 Å². The molecule has 0 aliphatic rings. The molecule has 0 unspecified atom stereocenters. The fourth-order valence-electron chi connectivity index (χ4n) is 1.69. The molecule has 0 aromatic carbocycles. The molecule has 4 rings (SSSR count). The Balaban J connectivity index is 0.000000159. The highest BCUT2D eigenvalue weighted by atomic mass is 79.9. The lowest BCUT2D eigenvalue weighted by Crippen LogP contribution is -2.28. The van der Waals surface area contributed by atoms with Crippen molar-refractivity contribution in [2.75, 3.05) is 0 Å². The van der Waals surface area contributed by atoms with Crippen molar-refractivity contribution < 1.29 is 9.46 Å². The molecule has 4 heterocycles. The Bertz CT molecular complexity index is 877. The van der Waals surface area contributed by atoms with Gasteiger partial charge in [0.25, 0.3) is 5.69 Å². The van der Waals surface area contributed by atoms with Crippen LogP contribution in [-0.2, 0) is 0 Å². The first-order chi connectivity index (χ1) is 13.2. The van der Waals surface area contributed by atoms with Crippen LogP contribution in [0, 0.1) is 10.4 Å². The maximum atomic E-state index is 11.3. The molecule has 0 saturated carbocycles. The van der Waals surface area contributed by atoms with Crippen LogP contribution in [0.15, 0.2) is 96.8 Å². The number of aromatic nitrogens is 6. The summed E-state index contributed by atoms with van der Waals surface area (Å²) in [5.74, 6) is 0. The molecule has 0 N–H and O–H groups in total. The highest BCUT2D eigenvalue weighted by Crippen LogP contribution is 2.08. The minimum Gasteiger partial charge on any atom is -0.619 e. The Morgan fingerprint density at radius 1 is 0.741 bits per heavy atom. The molecule has 0 saturated heterocycles. The Morgan fingerprint density at radius 2 is 1.41 bits per heavy atom. The largest absolute Gasteiger partial charge is 0.619 e. The molecule has 8 nitrogen and oxygen atoms in total. The number of rotatable bonds is 1. The molecule has 4 aromatic rings. The average molecular weight is 427 g/mol. The van der Waals surface area contributed by atoms with Gasteiger partial charge in [0, 0.05) is 12.4 Å². The molecule has 9 heteroatoms. The van der Waals surface area contributed by atoms with E-state index in [1.54, 1.807) is 24.5 Å². The van der Waals surface area contributed by atoms with Crippen LogP contribution in [0.4, 0.5) is 0 Å². The molecule has 0 atom stereocenters. The van der Waals surface area contributed by atoms with E-state index in [-0.39, 0.29) is 0 Å². The zero-order valence-corrected chi connectivity index (χ0v) is 15.6. The predicted octanol–water partition coefficient (Wildman–Crippen LogP) is 2.34. The van der Waals surface area contributed by atoms with Gasteiger partial charge in [0.15, 0.2) is 18.6 Å². The van der Waals surface area contributed by atoms with Gasteiger partial charge in [-0.05, 0) is 40.2 Å². The van der Waals surface area contributed by atoms with E-state index in [1.807, 2.05) is 24.3 Å². The Hall–Kier alpha value is -3.46. The lowest BCUT2D eigenvalue weighted by Gasteiger charge is -2.00. The summed E-state index contributed by atoms with van der Waals surface area (Å²) in [6, 6.07) is 11.1. The maximum Gasteiger partial charge on any atom is 0.260 e. The monoisotopic (exact) mass is 426 g/mol. The van der Waals surface area contributed by atoms with Crippen molar-refractivity contribution in [1.82, 2.24) is 19.9 Å². The molecule has 4 aromatic heterocycles. The predicted molar refractivity (Wildman–Crippen MR) is 102 cm³/mol. The van der Waals surface area contributed by atoms with E-state index in [0.717, 1.165) is 9.33 Å². The number of pyridine rings is 2. The quantitative estimate of drug-likeness (QED) is 0.262. The van der Waals surface area contributed by atoms with Crippen molar-refractivity contribution in [2.45, 2.75) is 0 Å². The third-order valence-corrected chi connectivity index (χ3v) is 3.35. The van der Waals surface area contributed by atoms with Crippen molar-refractivity contribution in [3.8, 4) is 11.4 Å². The molecule has 136 valence electrons. The van der Waals surface area contributed by atoms with Crippen LogP contribution >= 0.6 is 15.9 Å². The fourth-order valence-corrected chi connectivity index (χ4v) is 1.96. The second kappa shape index (κ2) is 11.2. The molecule has 0 radical (unpaired) electrons. The molecule has 0 spiro atoms. The van der Waals surface area contributed by atoms with Gasteiger partial charge in [0.05, 0.1) is 18.6 Å². The second-order valence-electron chi connectivity index (χ2n) is 4.76. The van der Waals surface area contributed by atoms with E-state index in [0.29, 0.717) is 16.1 Å². The molecule has 27 heavy (non-hydrogen) atoms. The summed E-state index contributed by atoms with van der Waals surface area (Å²) in [5, 5.41) is 21.4. The van der Waals surface area contributed by atoms with Gasteiger partial charge in [-0.1, -0.05) is 12.1 Å². The Labute approximate surface area is 164 Å². The minimum absolute atomic E-state index is 0.461. The molecule has 0 aliphatic heterocycles. The van der Waals surface area contributed by atoms with E-state index in [4.69, 9.17) is 0 Å². The molecular weight excluding hydrogens is 412 g/mol. The zero-order valence-electron chi connectivity index (χ0n) is 14.0. The summed E-state index contributed by atoms with van der Waals surface area (Å²) in [7, 11) is 0. The van der Waals surface area contributed by atoms with E-state index in [1.165, 1.54) is 43.4 Å². The van der Waals surface area contributed by atoms with Gasteiger partial charge < -0.3 is 10.4 Å². The number of hydrogen-bond donors (Lipinski definition) is 0. The summed E-state index contributed by atoms with van der Waals surface area (Å²) < 4.78 is 2.32. The molecule has 0 amide bonds. The lowest BCUT2D eigenvalue weighted by molar-refractivity contribution is -0.606. The first-order valence-electron chi connectivity index (χ1n) is 7.66. The standard InChI is InChI=1S/C9H7N3O.C5H4BrN.C4H4N2O/c13-12-6-5-10-7-9(12)8-3-1-2-4-11-8;6-5-3-1-2-4-7-5;7-6-3-1-5-2-4-6/h1-7H;2*1-4H. The Morgan fingerprint density at radius 3 is 1.85 bits per heavy atom.